The molecular formula is C25H27N3O5. The summed E-state index contributed by atoms with van der Waals surface area (Å²) in [7, 11) is 0. The highest BCUT2D eigenvalue weighted by Gasteiger charge is 2.56. The Morgan fingerprint density at radius 1 is 1.06 bits per heavy atom. The van der Waals surface area contributed by atoms with Crippen LogP contribution in [0.15, 0.2) is 59.2 Å². The van der Waals surface area contributed by atoms with Gasteiger partial charge in [0.05, 0.1) is 31.5 Å². The van der Waals surface area contributed by atoms with E-state index in [1.54, 1.807) is 35.4 Å². The fraction of sp³-hybridized carbons (Fsp3) is 0.320. The highest BCUT2D eigenvalue weighted by Crippen LogP contribution is 2.50. The van der Waals surface area contributed by atoms with Crippen molar-refractivity contribution in [1.82, 2.24) is 15.8 Å². The minimum Gasteiger partial charge on any atom is -0.508 e. The van der Waals surface area contributed by atoms with Gasteiger partial charge in [0.1, 0.15) is 17.6 Å². The van der Waals surface area contributed by atoms with Crippen LogP contribution in [0.4, 0.5) is 0 Å². The van der Waals surface area contributed by atoms with Gasteiger partial charge in [-0.2, -0.15) is 0 Å². The molecule has 2 aromatic carbocycles. The van der Waals surface area contributed by atoms with E-state index in [1.165, 1.54) is 0 Å². The molecule has 4 N–H and O–H groups in total. The summed E-state index contributed by atoms with van der Waals surface area (Å²) < 4.78 is 11.2. The molecule has 3 aromatic rings. The number of hydrogen-bond acceptors (Lipinski definition) is 7. The fourth-order valence-electron chi connectivity index (χ4n) is 5.02. The van der Waals surface area contributed by atoms with Gasteiger partial charge in [0.15, 0.2) is 11.5 Å². The minimum atomic E-state index is -0.487. The molecule has 2 aliphatic rings. The number of carbonyl (C=O) groups is 1. The van der Waals surface area contributed by atoms with Crippen LogP contribution in [-0.4, -0.2) is 33.7 Å². The molecule has 0 aliphatic carbocycles. The molecule has 8 heteroatoms. The Morgan fingerprint density at radius 2 is 1.85 bits per heavy atom. The third kappa shape index (κ3) is 3.71. The molecule has 3 heterocycles. The third-order valence-corrected chi connectivity index (χ3v) is 6.46. The Hall–Kier alpha value is -3.49. The molecular weight excluding hydrogens is 422 g/mol. The van der Waals surface area contributed by atoms with Crippen LogP contribution in [0.3, 0.4) is 0 Å². The van der Waals surface area contributed by atoms with Crippen molar-refractivity contribution < 1.29 is 24.2 Å². The summed E-state index contributed by atoms with van der Waals surface area (Å²) in [5.74, 6) is 0.998. The van der Waals surface area contributed by atoms with Crippen LogP contribution in [0.2, 0.25) is 0 Å². The van der Waals surface area contributed by atoms with Crippen molar-refractivity contribution in [3.8, 4) is 17.2 Å². The maximum absolute atomic E-state index is 13.5. The molecule has 8 nitrogen and oxygen atoms in total. The highest BCUT2D eigenvalue weighted by atomic mass is 16.5. The zero-order chi connectivity index (χ0) is 23.1. The van der Waals surface area contributed by atoms with Gasteiger partial charge in [-0.1, -0.05) is 23.8 Å². The molecule has 0 spiro atoms. The Labute approximate surface area is 191 Å². The third-order valence-electron chi connectivity index (χ3n) is 6.46. The normalized spacial score (nSPS) is 24.3. The molecule has 0 bridgehead atoms. The van der Waals surface area contributed by atoms with Crippen LogP contribution < -0.4 is 15.6 Å². The van der Waals surface area contributed by atoms with E-state index in [1.807, 2.05) is 38.1 Å². The number of carbonyl (C=O) groups excluding carboxylic acids is 1. The summed E-state index contributed by atoms with van der Waals surface area (Å²) in [5, 5.41) is 20.9. The molecule has 1 aromatic heterocycles. The van der Waals surface area contributed by atoms with E-state index < -0.39 is 6.04 Å². The summed E-state index contributed by atoms with van der Waals surface area (Å²) in [6.07, 6.45) is 1.59. The van der Waals surface area contributed by atoms with Crippen LogP contribution in [0, 0.1) is 12.8 Å². The number of hydrazine groups is 1. The number of nitrogens with zero attached hydrogens (tertiary/aromatic N) is 1. The molecule has 2 aliphatic heterocycles. The lowest BCUT2D eigenvalue weighted by Gasteiger charge is -2.31. The molecule has 4 unspecified atom stereocenters. The summed E-state index contributed by atoms with van der Waals surface area (Å²) in [6, 6.07) is 13.2. The predicted octanol–water partition coefficient (Wildman–Crippen LogP) is 3.32. The van der Waals surface area contributed by atoms with E-state index in [0.717, 1.165) is 16.7 Å². The maximum atomic E-state index is 13.5. The number of benzene rings is 2. The first-order valence-corrected chi connectivity index (χ1v) is 11.1. The first-order chi connectivity index (χ1) is 16.0. The largest absolute Gasteiger partial charge is 0.508 e. The second-order valence-electron chi connectivity index (χ2n) is 8.53. The lowest BCUT2D eigenvalue weighted by Crippen LogP contribution is -2.41. The summed E-state index contributed by atoms with van der Waals surface area (Å²) in [5.41, 5.74) is 8.99. The SMILES string of the molecule is CCOc1cc(C2C3C(NNC3c3cc(C)ccc3O)C(=O)N2Cc2ccco2)ccc1O. The average Bonchev–Trinajstić information content (AvgIpc) is 3.52. The van der Waals surface area contributed by atoms with Crippen molar-refractivity contribution in [3.63, 3.8) is 0 Å². The van der Waals surface area contributed by atoms with E-state index in [4.69, 9.17) is 9.15 Å². The molecule has 172 valence electrons. The van der Waals surface area contributed by atoms with Crippen LogP contribution in [0.5, 0.6) is 17.2 Å². The number of likely N-dealkylation sites (tertiary alicyclic amines) is 1. The number of ether oxygens (including phenoxy) is 1. The van der Waals surface area contributed by atoms with Crippen LogP contribution >= 0.6 is 0 Å². The van der Waals surface area contributed by atoms with E-state index >= 15 is 0 Å². The van der Waals surface area contributed by atoms with Gasteiger partial charge < -0.3 is 24.3 Å². The lowest BCUT2D eigenvalue weighted by molar-refractivity contribution is -0.131. The zero-order valence-electron chi connectivity index (χ0n) is 18.5. The quantitative estimate of drug-likeness (QED) is 0.457. The Bertz CT molecular complexity index is 1160. The zero-order valence-corrected chi connectivity index (χ0v) is 18.5. The van der Waals surface area contributed by atoms with Gasteiger partial charge in [0.25, 0.3) is 0 Å². The van der Waals surface area contributed by atoms with E-state index in [-0.39, 0.29) is 35.4 Å². The number of hydrogen-bond donors (Lipinski definition) is 4. The van der Waals surface area contributed by atoms with Gasteiger partial charge in [0, 0.05) is 11.5 Å². The highest BCUT2D eigenvalue weighted by molar-refractivity contribution is 5.86. The molecule has 0 radical (unpaired) electrons. The topological polar surface area (TPSA) is 107 Å². The first kappa shape index (κ1) is 21.4. The number of phenols is 2. The fourth-order valence-corrected chi connectivity index (χ4v) is 5.02. The van der Waals surface area contributed by atoms with Gasteiger partial charge >= 0.3 is 0 Å². The Kier molecular flexibility index (Phi) is 5.47. The predicted molar refractivity (Wildman–Crippen MR) is 120 cm³/mol. The Morgan fingerprint density at radius 3 is 2.61 bits per heavy atom. The number of rotatable bonds is 6. The molecule has 2 fully saturated rings. The number of phenolic OH excluding ortho intramolecular Hbond substituents is 2. The van der Waals surface area contributed by atoms with Crippen LogP contribution in [-0.2, 0) is 11.3 Å². The summed E-state index contributed by atoms with van der Waals surface area (Å²) >= 11 is 0. The number of aromatic hydroxyl groups is 2. The van der Waals surface area contributed by atoms with E-state index in [2.05, 4.69) is 10.9 Å². The van der Waals surface area contributed by atoms with Gasteiger partial charge in [-0.05, 0) is 49.7 Å². The molecule has 2 saturated heterocycles. The molecule has 33 heavy (non-hydrogen) atoms. The van der Waals surface area contributed by atoms with E-state index in [0.29, 0.717) is 24.7 Å². The standard InChI is InChI=1S/C25H27N3O5/c1-3-32-20-12-15(7-9-19(20)30)24-21-22(17-11-14(2)6-8-18(17)29)26-27-23(21)25(31)28(24)13-16-5-4-10-33-16/h4-12,21-24,26-27,29-30H,3,13H2,1-2H3. The van der Waals surface area contributed by atoms with Crippen molar-refractivity contribution in [3.05, 3.63) is 77.2 Å². The minimum absolute atomic E-state index is 0.0506. The van der Waals surface area contributed by atoms with Crippen molar-refractivity contribution in [1.29, 1.82) is 0 Å². The molecule has 4 atom stereocenters. The van der Waals surface area contributed by atoms with Crippen molar-refractivity contribution in [2.75, 3.05) is 6.61 Å². The smallest absolute Gasteiger partial charge is 0.242 e. The number of fused-ring (bicyclic) bond motifs is 1. The van der Waals surface area contributed by atoms with Gasteiger partial charge in [-0.15, -0.1) is 0 Å². The Balaban J connectivity index is 1.61. The van der Waals surface area contributed by atoms with Crippen LogP contribution in [0.1, 0.15) is 41.5 Å². The maximum Gasteiger partial charge on any atom is 0.242 e. The van der Waals surface area contributed by atoms with Crippen molar-refractivity contribution in [2.45, 2.75) is 38.5 Å². The lowest BCUT2D eigenvalue weighted by atomic mass is 9.82. The first-order valence-electron chi connectivity index (χ1n) is 11.1. The summed E-state index contributed by atoms with van der Waals surface area (Å²) in [4.78, 5) is 15.3. The molecule has 1 amide bonds. The van der Waals surface area contributed by atoms with Gasteiger partial charge in [-0.25, -0.2) is 10.9 Å². The monoisotopic (exact) mass is 449 g/mol. The van der Waals surface area contributed by atoms with Gasteiger partial charge in [0.2, 0.25) is 5.91 Å². The van der Waals surface area contributed by atoms with Crippen molar-refractivity contribution >= 4 is 5.91 Å². The number of amides is 1. The van der Waals surface area contributed by atoms with Gasteiger partial charge in [-0.3, -0.25) is 4.79 Å². The second kappa shape index (κ2) is 8.46. The number of nitrogens with one attached hydrogen (secondary N) is 2. The van der Waals surface area contributed by atoms with E-state index in [9.17, 15) is 15.0 Å². The molecule has 5 rings (SSSR count). The summed E-state index contributed by atoms with van der Waals surface area (Å²) in [6.45, 7) is 4.54. The van der Waals surface area contributed by atoms with Crippen molar-refractivity contribution in [2.24, 2.45) is 5.92 Å². The second-order valence-corrected chi connectivity index (χ2v) is 8.53. The average molecular weight is 450 g/mol. The number of aryl methyl sites for hydroxylation is 1. The van der Waals surface area contributed by atoms with Crippen LogP contribution in [0.25, 0.3) is 0 Å². The molecule has 0 saturated carbocycles. The number of furan rings is 1.